The topological polar surface area (TPSA) is 110 Å². The summed E-state index contributed by atoms with van der Waals surface area (Å²) in [5, 5.41) is 3.24. The van der Waals surface area contributed by atoms with Crippen LogP contribution >= 0.6 is 11.3 Å². The number of hydrogen-bond donors (Lipinski definition) is 2. The van der Waals surface area contributed by atoms with Crippen LogP contribution in [-0.2, 0) is 27.1 Å². The molecule has 196 valence electrons. The van der Waals surface area contributed by atoms with Gasteiger partial charge < -0.3 is 19.8 Å². The molecule has 2 aromatic carbocycles. The summed E-state index contributed by atoms with van der Waals surface area (Å²) in [6.07, 6.45) is 3.71. The molecule has 2 aromatic heterocycles. The van der Waals surface area contributed by atoms with Gasteiger partial charge in [-0.2, -0.15) is 0 Å². The highest BCUT2D eigenvalue weighted by Crippen LogP contribution is 2.38. The van der Waals surface area contributed by atoms with Crippen LogP contribution in [0.2, 0.25) is 0 Å². The third-order valence-corrected chi connectivity index (χ3v) is 7.95. The van der Waals surface area contributed by atoms with Crippen LogP contribution in [0.5, 0.6) is 0 Å². The normalized spacial score (nSPS) is 13.9. The molecular weight excluding hydrogens is 502 g/mol. The fourth-order valence-electron chi connectivity index (χ4n) is 4.63. The molecule has 4 aromatic rings. The van der Waals surface area contributed by atoms with Crippen LogP contribution in [0, 0.1) is 6.92 Å². The number of nitrogens with zero attached hydrogens (tertiary/aromatic N) is 1. The molecular formula is C29H29N3O5S. The molecule has 9 heteroatoms. The Morgan fingerprint density at radius 3 is 2.55 bits per heavy atom. The van der Waals surface area contributed by atoms with E-state index in [0.29, 0.717) is 27.5 Å². The maximum absolute atomic E-state index is 13.0. The van der Waals surface area contributed by atoms with Gasteiger partial charge in [-0.05, 0) is 63.3 Å². The number of nitrogens with one attached hydrogen (secondary N) is 2. The summed E-state index contributed by atoms with van der Waals surface area (Å²) >= 11 is 1.40. The maximum Gasteiger partial charge on any atom is 0.341 e. The van der Waals surface area contributed by atoms with Gasteiger partial charge in [0.2, 0.25) is 0 Å². The second-order valence-electron chi connectivity index (χ2n) is 9.48. The third kappa shape index (κ3) is 5.19. The van der Waals surface area contributed by atoms with E-state index in [2.05, 4.69) is 15.3 Å². The van der Waals surface area contributed by atoms with E-state index in [-0.39, 0.29) is 0 Å². The molecule has 2 heterocycles. The van der Waals surface area contributed by atoms with Gasteiger partial charge >= 0.3 is 11.9 Å². The summed E-state index contributed by atoms with van der Waals surface area (Å²) in [6, 6.07) is 13.0. The molecule has 0 aliphatic heterocycles. The molecule has 5 rings (SSSR count). The molecule has 0 bridgehead atoms. The number of benzene rings is 2. The van der Waals surface area contributed by atoms with Crippen molar-refractivity contribution in [1.82, 2.24) is 9.97 Å². The first kappa shape index (κ1) is 25.7. The fourth-order valence-corrected chi connectivity index (χ4v) is 5.91. The number of hydrogen-bond acceptors (Lipinski definition) is 7. The van der Waals surface area contributed by atoms with Gasteiger partial charge in [0.05, 0.1) is 29.3 Å². The quantitative estimate of drug-likeness (QED) is 0.239. The van der Waals surface area contributed by atoms with E-state index in [4.69, 9.17) is 9.47 Å². The van der Waals surface area contributed by atoms with Crippen molar-refractivity contribution in [1.29, 1.82) is 0 Å². The molecule has 38 heavy (non-hydrogen) atoms. The van der Waals surface area contributed by atoms with Gasteiger partial charge in [-0.15, -0.1) is 11.3 Å². The Morgan fingerprint density at radius 2 is 1.79 bits per heavy atom. The standard InChI is InChI=1S/C29H29N3O5S/c1-16-9-11-18(12-10-16)25-30-21-14-13-19(15-22(21)31-25)28(34)37-17(2)26(33)32-27-24(29(35)36-3)20-7-5-4-6-8-23(20)38-27/h9-15,17H,4-8H2,1-3H3,(H,30,31)(H,32,33). The van der Waals surface area contributed by atoms with E-state index >= 15 is 0 Å². The van der Waals surface area contributed by atoms with Gasteiger partial charge in [0.1, 0.15) is 10.8 Å². The Morgan fingerprint density at radius 1 is 1.03 bits per heavy atom. The lowest BCUT2D eigenvalue weighted by molar-refractivity contribution is -0.123. The highest BCUT2D eigenvalue weighted by atomic mass is 32.1. The number of imidazole rings is 1. The van der Waals surface area contributed by atoms with Gasteiger partial charge in [-0.25, -0.2) is 14.6 Å². The molecule has 1 atom stereocenters. The molecule has 0 fully saturated rings. The van der Waals surface area contributed by atoms with Crippen molar-refractivity contribution in [2.45, 2.75) is 52.1 Å². The van der Waals surface area contributed by atoms with E-state index in [1.54, 1.807) is 18.2 Å². The molecule has 1 amide bonds. The Balaban J connectivity index is 1.30. The molecule has 0 radical (unpaired) electrons. The zero-order chi connectivity index (χ0) is 26.8. The third-order valence-electron chi connectivity index (χ3n) is 6.74. The van der Waals surface area contributed by atoms with Crippen LogP contribution in [0.1, 0.15) is 62.9 Å². The van der Waals surface area contributed by atoms with Crippen molar-refractivity contribution in [2.24, 2.45) is 0 Å². The van der Waals surface area contributed by atoms with Crippen molar-refractivity contribution >= 4 is 45.2 Å². The average Bonchev–Trinajstić information content (AvgIpc) is 3.41. The Labute approximate surface area is 224 Å². The lowest BCUT2D eigenvalue weighted by Gasteiger charge is -2.14. The monoisotopic (exact) mass is 531 g/mol. The van der Waals surface area contributed by atoms with Crippen molar-refractivity contribution in [3.63, 3.8) is 0 Å². The van der Waals surface area contributed by atoms with Crippen molar-refractivity contribution < 1.29 is 23.9 Å². The summed E-state index contributed by atoms with van der Waals surface area (Å²) in [7, 11) is 1.33. The number of methoxy groups -OCH3 is 1. The zero-order valence-corrected chi connectivity index (χ0v) is 22.4. The molecule has 2 N–H and O–H groups in total. The van der Waals surface area contributed by atoms with Crippen LogP contribution < -0.4 is 5.32 Å². The molecule has 1 unspecified atom stereocenters. The first-order chi connectivity index (χ1) is 18.3. The van der Waals surface area contributed by atoms with Crippen LogP contribution in [0.3, 0.4) is 0 Å². The van der Waals surface area contributed by atoms with Gasteiger partial charge in [0.15, 0.2) is 6.10 Å². The van der Waals surface area contributed by atoms with Gasteiger partial charge in [0.25, 0.3) is 5.91 Å². The van der Waals surface area contributed by atoms with Crippen LogP contribution in [0.4, 0.5) is 5.00 Å². The summed E-state index contributed by atoms with van der Waals surface area (Å²) in [5.74, 6) is -0.906. The SMILES string of the molecule is COC(=O)c1c(NC(=O)C(C)OC(=O)c2ccc3nc(-c4ccc(C)cc4)[nH]c3c2)sc2c1CCCCC2. The summed E-state index contributed by atoms with van der Waals surface area (Å²) in [6.45, 7) is 3.53. The summed E-state index contributed by atoms with van der Waals surface area (Å²) in [5.41, 5.74) is 5.18. The fraction of sp³-hybridized carbons (Fsp3) is 0.310. The van der Waals surface area contributed by atoms with Gasteiger partial charge in [-0.1, -0.05) is 36.2 Å². The highest BCUT2D eigenvalue weighted by Gasteiger charge is 2.28. The number of aryl methyl sites for hydroxylation is 2. The molecule has 0 saturated carbocycles. The summed E-state index contributed by atoms with van der Waals surface area (Å²) in [4.78, 5) is 47.3. The first-order valence-corrected chi connectivity index (χ1v) is 13.5. The van der Waals surface area contributed by atoms with E-state index in [1.165, 1.54) is 25.4 Å². The van der Waals surface area contributed by atoms with Crippen molar-refractivity contribution in [2.75, 3.05) is 12.4 Å². The van der Waals surface area contributed by atoms with Gasteiger partial charge in [-0.3, -0.25) is 4.79 Å². The van der Waals surface area contributed by atoms with E-state index in [1.807, 2.05) is 31.2 Å². The molecule has 1 aliphatic rings. The van der Waals surface area contributed by atoms with Gasteiger partial charge in [0, 0.05) is 10.4 Å². The lowest BCUT2D eigenvalue weighted by Crippen LogP contribution is -2.30. The second-order valence-corrected chi connectivity index (χ2v) is 10.6. The minimum Gasteiger partial charge on any atom is -0.465 e. The molecule has 0 spiro atoms. The van der Waals surface area contributed by atoms with Crippen molar-refractivity contribution in [3.05, 3.63) is 69.6 Å². The number of carbonyl (C=O) groups is 3. The number of aromatic amines is 1. The van der Waals surface area contributed by atoms with E-state index in [0.717, 1.165) is 59.2 Å². The number of H-pyrrole nitrogens is 1. The van der Waals surface area contributed by atoms with Crippen molar-refractivity contribution in [3.8, 4) is 11.4 Å². The highest BCUT2D eigenvalue weighted by molar-refractivity contribution is 7.17. The van der Waals surface area contributed by atoms with Crippen LogP contribution in [0.25, 0.3) is 22.4 Å². The number of rotatable bonds is 6. The zero-order valence-electron chi connectivity index (χ0n) is 21.6. The second kappa shape index (κ2) is 10.8. The minimum atomic E-state index is -1.07. The Hall–Kier alpha value is -3.98. The van der Waals surface area contributed by atoms with E-state index < -0.39 is 23.9 Å². The number of carbonyl (C=O) groups excluding carboxylic acids is 3. The maximum atomic E-state index is 13.0. The number of anilines is 1. The number of thiophene rings is 1. The number of ether oxygens (including phenoxy) is 2. The number of aromatic nitrogens is 2. The number of amides is 1. The predicted molar refractivity (Wildman–Crippen MR) is 147 cm³/mol. The predicted octanol–water partition coefficient (Wildman–Crippen LogP) is 5.84. The first-order valence-electron chi connectivity index (χ1n) is 12.7. The Kier molecular flexibility index (Phi) is 7.28. The minimum absolute atomic E-state index is 0.300. The molecule has 8 nitrogen and oxygen atoms in total. The molecule has 1 aliphatic carbocycles. The smallest absolute Gasteiger partial charge is 0.341 e. The average molecular weight is 532 g/mol. The number of fused-ring (bicyclic) bond motifs is 2. The van der Waals surface area contributed by atoms with E-state index in [9.17, 15) is 14.4 Å². The molecule has 0 saturated heterocycles. The van der Waals surface area contributed by atoms with Crippen LogP contribution in [0.15, 0.2) is 42.5 Å². The number of esters is 2. The largest absolute Gasteiger partial charge is 0.465 e. The Bertz CT molecular complexity index is 1520. The summed E-state index contributed by atoms with van der Waals surface area (Å²) < 4.78 is 10.5. The van der Waals surface area contributed by atoms with Crippen LogP contribution in [-0.4, -0.2) is 41.0 Å². The lowest BCUT2D eigenvalue weighted by atomic mass is 10.1.